The second kappa shape index (κ2) is 7.13. The van der Waals surface area contributed by atoms with E-state index in [1.807, 2.05) is 18.2 Å². The maximum atomic E-state index is 13.4. The van der Waals surface area contributed by atoms with E-state index in [-0.39, 0.29) is 9.79 Å². The molecule has 0 unspecified atom stereocenters. The number of piperidine rings is 1. The van der Waals surface area contributed by atoms with Crippen molar-refractivity contribution in [2.24, 2.45) is 5.92 Å². The third-order valence-corrected chi connectivity index (χ3v) is 7.09. The SMILES string of the molecule is C[C@H]1CCCN(c2c(S(=O)(=O)c3ccccc3)cnc3ccc(Cl)cc23)C1. The second-order valence-corrected chi connectivity index (χ2v) is 9.50. The average Bonchev–Trinajstić information content (AvgIpc) is 2.67. The number of sulfone groups is 1. The van der Waals surface area contributed by atoms with Crippen molar-refractivity contribution in [2.75, 3.05) is 18.0 Å². The van der Waals surface area contributed by atoms with Crippen LogP contribution < -0.4 is 4.90 Å². The first-order chi connectivity index (χ1) is 13.0. The largest absolute Gasteiger partial charge is 0.370 e. The van der Waals surface area contributed by atoms with Gasteiger partial charge in [-0.3, -0.25) is 4.98 Å². The van der Waals surface area contributed by atoms with Crippen LogP contribution in [0.15, 0.2) is 64.5 Å². The van der Waals surface area contributed by atoms with Crippen LogP contribution in [0.3, 0.4) is 0 Å². The molecule has 140 valence electrons. The lowest BCUT2D eigenvalue weighted by molar-refractivity contribution is 0.446. The summed E-state index contributed by atoms with van der Waals surface area (Å²) < 4.78 is 26.8. The molecule has 0 N–H and O–H groups in total. The number of aromatic nitrogens is 1. The lowest BCUT2D eigenvalue weighted by Crippen LogP contribution is -2.35. The van der Waals surface area contributed by atoms with E-state index in [0.29, 0.717) is 10.9 Å². The van der Waals surface area contributed by atoms with Gasteiger partial charge in [-0.2, -0.15) is 0 Å². The number of anilines is 1. The Bertz CT molecular complexity index is 1080. The number of fused-ring (bicyclic) bond motifs is 1. The van der Waals surface area contributed by atoms with Crippen LogP contribution >= 0.6 is 11.6 Å². The van der Waals surface area contributed by atoms with Gasteiger partial charge >= 0.3 is 0 Å². The van der Waals surface area contributed by atoms with E-state index >= 15 is 0 Å². The molecule has 4 nitrogen and oxygen atoms in total. The van der Waals surface area contributed by atoms with E-state index in [9.17, 15) is 8.42 Å². The number of halogens is 1. The molecule has 1 saturated heterocycles. The molecular weight excluding hydrogens is 380 g/mol. The summed E-state index contributed by atoms with van der Waals surface area (Å²) in [6.45, 7) is 3.85. The van der Waals surface area contributed by atoms with Crippen molar-refractivity contribution in [3.05, 3.63) is 59.8 Å². The Morgan fingerprint density at radius 3 is 2.67 bits per heavy atom. The Kier molecular flexibility index (Phi) is 4.82. The van der Waals surface area contributed by atoms with Crippen LogP contribution in [0.25, 0.3) is 10.9 Å². The zero-order valence-electron chi connectivity index (χ0n) is 15.1. The molecule has 4 rings (SSSR count). The molecule has 2 aromatic carbocycles. The van der Waals surface area contributed by atoms with E-state index < -0.39 is 9.84 Å². The molecule has 0 bridgehead atoms. The maximum Gasteiger partial charge on any atom is 0.210 e. The lowest BCUT2D eigenvalue weighted by atomic mass is 9.99. The van der Waals surface area contributed by atoms with E-state index in [0.717, 1.165) is 42.5 Å². The monoisotopic (exact) mass is 400 g/mol. The van der Waals surface area contributed by atoms with Crippen LogP contribution in [0.5, 0.6) is 0 Å². The van der Waals surface area contributed by atoms with Gasteiger partial charge in [-0.15, -0.1) is 0 Å². The molecule has 1 atom stereocenters. The van der Waals surface area contributed by atoms with Crippen molar-refractivity contribution in [3.63, 3.8) is 0 Å². The van der Waals surface area contributed by atoms with Gasteiger partial charge in [0.05, 0.1) is 16.1 Å². The van der Waals surface area contributed by atoms with Crippen LogP contribution in [0.4, 0.5) is 5.69 Å². The first-order valence-electron chi connectivity index (χ1n) is 9.10. The zero-order chi connectivity index (χ0) is 19.0. The van der Waals surface area contributed by atoms with Gasteiger partial charge in [0.15, 0.2) is 0 Å². The smallest absolute Gasteiger partial charge is 0.210 e. The number of pyridine rings is 1. The summed E-state index contributed by atoms with van der Waals surface area (Å²) in [7, 11) is -3.69. The fourth-order valence-corrected chi connectivity index (χ4v) is 5.40. The molecule has 1 fully saturated rings. The molecule has 27 heavy (non-hydrogen) atoms. The zero-order valence-corrected chi connectivity index (χ0v) is 16.7. The summed E-state index contributed by atoms with van der Waals surface area (Å²) >= 11 is 6.25. The third kappa shape index (κ3) is 3.42. The molecule has 0 aliphatic carbocycles. The van der Waals surface area contributed by atoms with E-state index in [2.05, 4.69) is 16.8 Å². The van der Waals surface area contributed by atoms with Crippen LogP contribution in [0.1, 0.15) is 19.8 Å². The minimum Gasteiger partial charge on any atom is -0.370 e. The number of nitrogens with zero attached hydrogens (tertiary/aromatic N) is 2. The Morgan fingerprint density at radius 1 is 1.15 bits per heavy atom. The highest BCUT2D eigenvalue weighted by atomic mass is 35.5. The van der Waals surface area contributed by atoms with E-state index in [1.165, 1.54) is 6.20 Å². The summed E-state index contributed by atoms with van der Waals surface area (Å²) in [6, 6.07) is 14.0. The lowest BCUT2D eigenvalue weighted by Gasteiger charge is -2.34. The van der Waals surface area contributed by atoms with Crippen LogP contribution in [0, 0.1) is 5.92 Å². The van der Waals surface area contributed by atoms with Gasteiger partial charge in [-0.1, -0.05) is 36.7 Å². The molecule has 0 amide bonds. The molecule has 1 aliphatic rings. The molecule has 0 saturated carbocycles. The molecule has 2 heterocycles. The van der Waals surface area contributed by atoms with E-state index in [4.69, 9.17) is 11.6 Å². The van der Waals surface area contributed by atoms with E-state index in [1.54, 1.807) is 30.3 Å². The van der Waals surface area contributed by atoms with Gasteiger partial charge in [0.1, 0.15) is 4.90 Å². The molecule has 0 radical (unpaired) electrons. The number of rotatable bonds is 3. The minimum atomic E-state index is -3.69. The standard InChI is InChI=1S/C21H21ClN2O2S/c1-15-6-5-11-24(14-15)21-18-12-16(22)9-10-19(18)23-13-20(21)27(25,26)17-7-3-2-4-8-17/h2-4,7-10,12-13,15H,5-6,11,14H2,1H3/t15-/m0/s1. The number of hydrogen-bond acceptors (Lipinski definition) is 4. The maximum absolute atomic E-state index is 13.4. The predicted octanol–water partition coefficient (Wildman–Crippen LogP) is 4.96. The number of hydrogen-bond donors (Lipinski definition) is 0. The van der Waals surface area contributed by atoms with Crippen molar-refractivity contribution in [1.82, 2.24) is 4.98 Å². The topological polar surface area (TPSA) is 50.3 Å². The van der Waals surface area contributed by atoms with Gasteiger partial charge < -0.3 is 4.90 Å². The molecule has 1 aliphatic heterocycles. The highest BCUT2D eigenvalue weighted by molar-refractivity contribution is 7.91. The fraction of sp³-hybridized carbons (Fsp3) is 0.286. The molecule has 1 aromatic heterocycles. The first kappa shape index (κ1) is 18.3. The Labute approximate surface area is 164 Å². The van der Waals surface area contributed by atoms with Crippen molar-refractivity contribution in [1.29, 1.82) is 0 Å². The van der Waals surface area contributed by atoms with Gasteiger partial charge in [-0.05, 0) is 49.1 Å². The average molecular weight is 401 g/mol. The highest BCUT2D eigenvalue weighted by Gasteiger charge is 2.28. The van der Waals surface area contributed by atoms with Gasteiger partial charge in [0.2, 0.25) is 9.84 Å². The summed E-state index contributed by atoms with van der Waals surface area (Å²) in [5, 5.41) is 1.36. The fourth-order valence-electron chi connectivity index (χ4n) is 3.77. The van der Waals surface area contributed by atoms with Gasteiger partial charge in [-0.25, -0.2) is 8.42 Å². The minimum absolute atomic E-state index is 0.248. The summed E-state index contributed by atoms with van der Waals surface area (Å²) in [6.07, 6.45) is 3.69. The van der Waals surface area contributed by atoms with Crippen molar-refractivity contribution < 1.29 is 8.42 Å². The Morgan fingerprint density at radius 2 is 1.93 bits per heavy atom. The summed E-state index contributed by atoms with van der Waals surface area (Å²) in [4.78, 5) is 7.13. The van der Waals surface area contributed by atoms with Crippen LogP contribution in [-0.2, 0) is 9.84 Å². The van der Waals surface area contributed by atoms with Gasteiger partial charge in [0, 0.05) is 29.7 Å². The Hall–Kier alpha value is -2.11. The summed E-state index contributed by atoms with van der Waals surface area (Å²) in [5.41, 5.74) is 1.47. The predicted molar refractivity (Wildman–Crippen MR) is 109 cm³/mol. The molecule has 6 heteroatoms. The molecule has 0 spiro atoms. The van der Waals surface area contributed by atoms with Gasteiger partial charge in [0.25, 0.3) is 0 Å². The molecular formula is C21H21ClN2O2S. The third-order valence-electron chi connectivity index (χ3n) is 5.08. The van der Waals surface area contributed by atoms with Crippen LogP contribution in [-0.4, -0.2) is 26.5 Å². The summed E-state index contributed by atoms with van der Waals surface area (Å²) in [5.74, 6) is 0.508. The first-order valence-corrected chi connectivity index (χ1v) is 11.0. The quantitative estimate of drug-likeness (QED) is 0.623. The number of benzene rings is 2. The van der Waals surface area contributed by atoms with Crippen molar-refractivity contribution >= 4 is 38.0 Å². The molecule has 3 aromatic rings. The normalized spacial score (nSPS) is 18.0. The van der Waals surface area contributed by atoms with Crippen molar-refractivity contribution in [2.45, 2.75) is 29.6 Å². The highest BCUT2D eigenvalue weighted by Crippen LogP contribution is 2.38. The Balaban J connectivity index is 1.99. The second-order valence-electron chi connectivity index (χ2n) is 7.14. The van der Waals surface area contributed by atoms with Crippen molar-refractivity contribution in [3.8, 4) is 0 Å². The van der Waals surface area contributed by atoms with Crippen LogP contribution in [0.2, 0.25) is 5.02 Å².